The first-order chi connectivity index (χ1) is 9.65. The molecule has 0 atom stereocenters. The zero-order valence-corrected chi connectivity index (χ0v) is 13.1. The number of hydrogen-bond acceptors (Lipinski definition) is 3. The number of nitrogens with zero attached hydrogens (tertiary/aromatic N) is 1. The Bertz CT molecular complexity index is 626. The summed E-state index contributed by atoms with van der Waals surface area (Å²) in [5, 5.41) is 0. The highest BCUT2D eigenvalue weighted by molar-refractivity contribution is 9.10. The van der Waals surface area contributed by atoms with E-state index in [1.165, 1.54) is 0 Å². The number of ketones is 1. The molecule has 0 amide bonds. The monoisotopic (exact) mass is 333 g/mol. The van der Waals surface area contributed by atoms with Crippen LogP contribution in [0.15, 0.2) is 41.1 Å². The summed E-state index contributed by atoms with van der Waals surface area (Å²) in [6.45, 7) is 2.03. The van der Waals surface area contributed by atoms with E-state index in [4.69, 9.17) is 4.74 Å². The first-order valence-corrected chi connectivity index (χ1v) is 7.23. The molecule has 0 fully saturated rings. The molecule has 2 aromatic rings. The minimum absolute atomic E-state index is 0.112. The van der Waals surface area contributed by atoms with E-state index >= 15 is 0 Å². The van der Waals surface area contributed by atoms with Crippen molar-refractivity contribution in [3.63, 3.8) is 0 Å². The number of carbonyl (C=O) groups is 1. The third-order valence-corrected chi connectivity index (χ3v) is 3.79. The SMILES string of the molecule is CCc1cnccc1C(=O)Cc1ccc(OC)c(Br)c1. The Morgan fingerprint density at radius 1 is 1.35 bits per heavy atom. The molecule has 0 aliphatic carbocycles. The number of Topliss-reactive ketones (excluding diaryl/α,β-unsaturated/α-hetero) is 1. The number of pyridine rings is 1. The van der Waals surface area contributed by atoms with Gasteiger partial charge < -0.3 is 4.74 Å². The topological polar surface area (TPSA) is 39.2 Å². The summed E-state index contributed by atoms with van der Waals surface area (Å²) in [5.41, 5.74) is 2.71. The smallest absolute Gasteiger partial charge is 0.167 e. The maximum atomic E-state index is 12.4. The van der Waals surface area contributed by atoms with Crippen molar-refractivity contribution in [2.75, 3.05) is 7.11 Å². The first kappa shape index (κ1) is 14.7. The van der Waals surface area contributed by atoms with Gasteiger partial charge in [-0.15, -0.1) is 0 Å². The van der Waals surface area contributed by atoms with E-state index in [-0.39, 0.29) is 5.78 Å². The third-order valence-electron chi connectivity index (χ3n) is 3.17. The maximum Gasteiger partial charge on any atom is 0.167 e. The number of rotatable bonds is 5. The van der Waals surface area contributed by atoms with Gasteiger partial charge in [0.1, 0.15) is 5.75 Å². The molecule has 1 aromatic heterocycles. The van der Waals surface area contributed by atoms with Crippen molar-refractivity contribution in [1.82, 2.24) is 4.98 Å². The van der Waals surface area contributed by atoms with E-state index in [0.29, 0.717) is 6.42 Å². The number of hydrogen-bond donors (Lipinski definition) is 0. The van der Waals surface area contributed by atoms with E-state index in [1.807, 2.05) is 25.1 Å². The fourth-order valence-electron chi connectivity index (χ4n) is 2.08. The summed E-state index contributed by atoms with van der Waals surface area (Å²) in [4.78, 5) is 16.5. The van der Waals surface area contributed by atoms with Gasteiger partial charge in [-0.05, 0) is 51.7 Å². The number of aryl methyl sites for hydroxylation is 1. The summed E-state index contributed by atoms with van der Waals surface area (Å²) in [7, 11) is 1.62. The average molecular weight is 334 g/mol. The van der Waals surface area contributed by atoms with Crippen LogP contribution in [-0.2, 0) is 12.8 Å². The quantitative estimate of drug-likeness (QED) is 0.780. The molecule has 1 heterocycles. The standard InChI is InChI=1S/C16H16BrNO2/c1-3-12-10-18-7-6-13(12)15(19)9-11-4-5-16(20-2)14(17)8-11/h4-8,10H,3,9H2,1-2H3. The zero-order valence-electron chi connectivity index (χ0n) is 11.5. The number of aromatic nitrogens is 1. The summed E-state index contributed by atoms with van der Waals surface area (Å²) >= 11 is 3.44. The normalized spacial score (nSPS) is 10.3. The number of benzene rings is 1. The molecule has 20 heavy (non-hydrogen) atoms. The van der Waals surface area contributed by atoms with E-state index in [1.54, 1.807) is 25.6 Å². The molecule has 0 aliphatic heterocycles. The summed E-state index contributed by atoms with van der Waals surface area (Å²) in [5.74, 6) is 0.876. The Hall–Kier alpha value is -1.68. The molecule has 0 spiro atoms. The van der Waals surface area contributed by atoms with Gasteiger partial charge >= 0.3 is 0 Å². The minimum atomic E-state index is 0.112. The van der Waals surface area contributed by atoms with Crippen LogP contribution in [0.2, 0.25) is 0 Å². The molecule has 1 aromatic carbocycles. The predicted molar refractivity (Wildman–Crippen MR) is 82.3 cm³/mol. The number of carbonyl (C=O) groups excluding carboxylic acids is 1. The van der Waals surface area contributed by atoms with Crippen LogP contribution in [0.1, 0.15) is 28.4 Å². The van der Waals surface area contributed by atoms with Gasteiger partial charge in [-0.2, -0.15) is 0 Å². The Morgan fingerprint density at radius 2 is 2.15 bits per heavy atom. The molecule has 0 saturated carbocycles. The van der Waals surface area contributed by atoms with Crippen LogP contribution in [0.5, 0.6) is 5.75 Å². The molecule has 0 bridgehead atoms. The second kappa shape index (κ2) is 6.66. The highest BCUT2D eigenvalue weighted by Crippen LogP contribution is 2.26. The first-order valence-electron chi connectivity index (χ1n) is 6.44. The molecular weight excluding hydrogens is 318 g/mol. The van der Waals surface area contributed by atoms with Crippen molar-refractivity contribution < 1.29 is 9.53 Å². The number of halogens is 1. The summed E-state index contributed by atoms with van der Waals surface area (Å²) in [6, 6.07) is 7.48. The predicted octanol–water partition coefficient (Wildman–Crippen LogP) is 3.84. The molecule has 0 aliphatic rings. The van der Waals surface area contributed by atoms with Crippen LogP contribution >= 0.6 is 15.9 Å². The van der Waals surface area contributed by atoms with E-state index in [0.717, 1.165) is 33.3 Å². The largest absolute Gasteiger partial charge is 0.496 e. The second-order valence-corrected chi connectivity index (χ2v) is 5.31. The lowest BCUT2D eigenvalue weighted by molar-refractivity contribution is 0.0992. The van der Waals surface area contributed by atoms with Gasteiger partial charge in [0.2, 0.25) is 0 Å². The molecule has 2 rings (SSSR count). The van der Waals surface area contributed by atoms with Gasteiger partial charge in [-0.3, -0.25) is 9.78 Å². The van der Waals surface area contributed by atoms with E-state index in [9.17, 15) is 4.79 Å². The fourth-order valence-corrected chi connectivity index (χ4v) is 2.67. The Morgan fingerprint density at radius 3 is 2.80 bits per heavy atom. The van der Waals surface area contributed by atoms with Crippen molar-refractivity contribution in [3.8, 4) is 5.75 Å². The molecule has 0 radical (unpaired) electrons. The minimum Gasteiger partial charge on any atom is -0.496 e. The van der Waals surface area contributed by atoms with Crippen LogP contribution in [0, 0.1) is 0 Å². The second-order valence-electron chi connectivity index (χ2n) is 4.46. The molecule has 3 nitrogen and oxygen atoms in total. The lowest BCUT2D eigenvalue weighted by Gasteiger charge is -2.08. The molecule has 0 N–H and O–H groups in total. The van der Waals surface area contributed by atoms with Crippen LogP contribution in [0.25, 0.3) is 0 Å². The van der Waals surface area contributed by atoms with Crippen molar-refractivity contribution >= 4 is 21.7 Å². The maximum absolute atomic E-state index is 12.4. The van der Waals surface area contributed by atoms with Crippen molar-refractivity contribution in [2.24, 2.45) is 0 Å². The third kappa shape index (κ3) is 3.25. The highest BCUT2D eigenvalue weighted by Gasteiger charge is 2.12. The van der Waals surface area contributed by atoms with Crippen molar-refractivity contribution in [2.45, 2.75) is 19.8 Å². The van der Waals surface area contributed by atoms with Crippen LogP contribution in [-0.4, -0.2) is 17.9 Å². The molecular formula is C16H16BrNO2. The Labute approximate surface area is 127 Å². The van der Waals surface area contributed by atoms with Crippen molar-refractivity contribution in [1.29, 1.82) is 0 Å². The van der Waals surface area contributed by atoms with Gasteiger partial charge in [0, 0.05) is 24.4 Å². The molecule has 4 heteroatoms. The summed E-state index contributed by atoms with van der Waals surface area (Å²) in [6.07, 6.45) is 4.61. The summed E-state index contributed by atoms with van der Waals surface area (Å²) < 4.78 is 6.04. The van der Waals surface area contributed by atoms with Gasteiger partial charge in [0.15, 0.2) is 5.78 Å². The Kier molecular flexibility index (Phi) is 4.90. The van der Waals surface area contributed by atoms with Gasteiger partial charge in [0.25, 0.3) is 0 Å². The van der Waals surface area contributed by atoms with Crippen molar-refractivity contribution in [3.05, 3.63) is 57.8 Å². The number of ether oxygens (including phenoxy) is 1. The molecule has 0 unspecified atom stereocenters. The van der Waals surface area contributed by atoms with Gasteiger partial charge in [-0.25, -0.2) is 0 Å². The van der Waals surface area contributed by atoms with Gasteiger partial charge in [-0.1, -0.05) is 13.0 Å². The number of methoxy groups -OCH3 is 1. The average Bonchev–Trinajstić information content (AvgIpc) is 2.47. The van der Waals surface area contributed by atoms with Crippen LogP contribution < -0.4 is 4.74 Å². The fraction of sp³-hybridized carbons (Fsp3) is 0.250. The van der Waals surface area contributed by atoms with E-state index < -0.39 is 0 Å². The highest BCUT2D eigenvalue weighted by atomic mass is 79.9. The lowest BCUT2D eigenvalue weighted by atomic mass is 9.99. The van der Waals surface area contributed by atoms with E-state index in [2.05, 4.69) is 20.9 Å². The van der Waals surface area contributed by atoms with Crippen LogP contribution in [0.3, 0.4) is 0 Å². The molecule has 0 saturated heterocycles. The lowest BCUT2D eigenvalue weighted by Crippen LogP contribution is -2.07. The van der Waals surface area contributed by atoms with Crippen LogP contribution in [0.4, 0.5) is 0 Å². The zero-order chi connectivity index (χ0) is 14.5. The Balaban J connectivity index is 2.21. The van der Waals surface area contributed by atoms with Gasteiger partial charge in [0.05, 0.1) is 11.6 Å². The molecule has 104 valence electrons.